The van der Waals surface area contributed by atoms with E-state index in [1.165, 1.54) is 43.7 Å². The Hall–Kier alpha value is -3.83. The van der Waals surface area contributed by atoms with Crippen LogP contribution in [0.5, 0.6) is 0 Å². The van der Waals surface area contributed by atoms with Crippen LogP contribution in [-0.4, -0.2) is 44.8 Å². The van der Waals surface area contributed by atoms with Gasteiger partial charge >= 0.3 is 12.3 Å². The van der Waals surface area contributed by atoms with Gasteiger partial charge in [-0.2, -0.15) is 18.2 Å². The Balaban J connectivity index is 1.47. The molecule has 0 unspecified atom stereocenters. The number of aromatic nitrogens is 4. The lowest BCUT2D eigenvalue weighted by Crippen LogP contribution is -2.39. The summed E-state index contributed by atoms with van der Waals surface area (Å²) >= 11 is 0. The minimum Gasteiger partial charge on any atom is -0.447 e. The fourth-order valence-corrected chi connectivity index (χ4v) is 3.41. The predicted octanol–water partition coefficient (Wildman–Crippen LogP) is 4.81. The molecule has 3 heterocycles. The lowest BCUT2D eigenvalue weighted by Gasteiger charge is -2.22. The van der Waals surface area contributed by atoms with Gasteiger partial charge in [-0.05, 0) is 37.6 Å². The highest BCUT2D eigenvalue weighted by atomic mass is 19.4. The van der Waals surface area contributed by atoms with Gasteiger partial charge in [-0.1, -0.05) is 12.1 Å². The summed E-state index contributed by atoms with van der Waals surface area (Å²) in [4.78, 5) is 30.2. The summed E-state index contributed by atoms with van der Waals surface area (Å²) in [5, 5.41) is 3.02. The highest BCUT2D eigenvalue weighted by molar-refractivity contribution is 5.89. The van der Waals surface area contributed by atoms with Crippen molar-refractivity contribution >= 4 is 17.9 Å². The molecule has 2 aromatic heterocycles. The van der Waals surface area contributed by atoms with Gasteiger partial charge in [0, 0.05) is 24.2 Å². The van der Waals surface area contributed by atoms with E-state index in [2.05, 4.69) is 25.3 Å². The summed E-state index contributed by atoms with van der Waals surface area (Å²) in [6.45, 7) is 3.03. The summed E-state index contributed by atoms with van der Waals surface area (Å²) in [6, 6.07) is 4.97. The van der Waals surface area contributed by atoms with Crippen molar-refractivity contribution in [2.45, 2.75) is 38.3 Å². The van der Waals surface area contributed by atoms with E-state index in [-0.39, 0.29) is 18.4 Å². The Morgan fingerprint density at radius 2 is 1.74 bits per heavy atom. The molecular formula is C22H20F4N6O2. The topological polar surface area (TPSA) is 93.1 Å². The van der Waals surface area contributed by atoms with E-state index < -0.39 is 36.1 Å². The third kappa shape index (κ3) is 4.90. The van der Waals surface area contributed by atoms with E-state index >= 15 is 0 Å². The van der Waals surface area contributed by atoms with Crippen LogP contribution in [0.1, 0.15) is 31.3 Å². The number of benzene rings is 1. The number of rotatable bonds is 6. The van der Waals surface area contributed by atoms with Crippen molar-refractivity contribution in [1.29, 1.82) is 0 Å². The number of alkyl halides is 4. The van der Waals surface area contributed by atoms with Crippen LogP contribution < -0.4 is 10.2 Å². The number of carbonyl (C=O) groups excluding carboxylic acids is 1. The van der Waals surface area contributed by atoms with Crippen LogP contribution in [0.2, 0.25) is 0 Å². The maximum atomic E-state index is 13.9. The number of anilines is 2. The van der Waals surface area contributed by atoms with Crippen molar-refractivity contribution in [1.82, 2.24) is 19.9 Å². The molecule has 4 rings (SSSR count). The third-order valence-corrected chi connectivity index (χ3v) is 5.27. The number of carbonyl (C=O) groups is 1. The molecule has 1 saturated heterocycles. The van der Waals surface area contributed by atoms with Gasteiger partial charge in [-0.25, -0.2) is 24.1 Å². The number of halogens is 4. The Labute approximate surface area is 192 Å². The second-order valence-corrected chi connectivity index (χ2v) is 7.70. The van der Waals surface area contributed by atoms with E-state index in [9.17, 15) is 22.4 Å². The quantitative estimate of drug-likeness (QED) is 0.511. The highest BCUT2D eigenvalue weighted by Crippen LogP contribution is 2.31. The van der Waals surface area contributed by atoms with Crippen LogP contribution in [0.15, 0.2) is 48.9 Å². The van der Waals surface area contributed by atoms with E-state index in [0.29, 0.717) is 17.0 Å². The zero-order chi connectivity index (χ0) is 24.5. The maximum Gasteiger partial charge on any atom is 0.416 e. The average Bonchev–Trinajstić information content (AvgIpc) is 3.20. The van der Waals surface area contributed by atoms with Crippen LogP contribution in [0.25, 0.3) is 11.1 Å². The smallest absolute Gasteiger partial charge is 0.416 e. The zero-order valence-electron chi connectivity index (χ0n) is 18.1. The first-order chi connectivity index (χ1) is 16.1. The molecule has 1 fully saturated rings. The molecule has 1 aliphatic rings. The van der Waals surface area contributed by atoms with Gasteiger partial charge in [-0.15, -0.1) is 0 Å². The van der Waals surface area contributed by atoms with Crippen molar-refractivity contribution < 1.29 is 27.1 Å². The van der Waals surface area contributed by atoms with E-state index in [1.54, 1.807) is 6.92 Å². The molecule has 0 saturated carbocycles. The third-order valence-electron chi connectivity index (χ3n) is 5.27. The fraction of sp³-hybridized carbons (Fsp3) is 0.318. The molecule has 1 amide bonds. The molecule has 1 aromatic carbocycles. The monoisotopic (exact) mass is 476 g/mol. The Morgan fingerprint density at radius 3 is 2.35 bits per heavy atom. The van der Waals surface area contributed by atoms with Crippen molar-refractivity contribution in [3.05, 3.63) is 60.3 Å². The van der Waals surface area contributed by atoms with E-state index in [1.807, 2.05) is 0 Å². The van der Waals surface area contributed by atoms with Gasteiger partial charge in [0.05, 0.1) is 11.6 Å². The van der Waals surface area contributed by atoms with Crippen LogP contribution in [0.3, 0.4) is 0 Å². The Morgan fingerprint density at radius 1 is 1.06 bits per heavy atom. The normalized spacial score (nSPS) is 17.9. The summed E-state index contributed by atoms with van der Waals surface area (Å²) < 4.78 is 57.1. The molecule has 12 heteroatoms. The van der Waals surface area contributed by atoms with Crippen LogP contribution in [0, 0.1) is 0 Å². The molecule has 3 aromatic rings. The zero-order valence-corrected chi connectivity index (χ0v) is 18.1. The summed E-state index contributed by atoms with van der Waals surface area (Å²) in [7, 11) is 0. The lowest BCUT2D eigenvalue weighted by molar-refractivity contribution is -0.137. The predicted molar refractivity (Wildman–Crippen MR) is 115 cm³/mol. The maximum absolute atomic E-state index is 13.9. The van der Waals surface area contributed by atoms with Crippen LogP contribution in [-0.2, 0) is 10.9 Å². The van der Waals surface area contributed by atoms with Crippen LogP contribution in [0.4, 0.5) is 34.1 Å². The number of hydrogen-bond donors (Lipinski definition) is 1. The second-order valence-electron chi connectivity index (χ2n) is 7.70. The molecule has 8 nitrogen and oxygen atoms in total. The van der Waals surface area contributed by atoms with Gasteiger partial charge in [-0.3, -0.25) is 4.90 Å². The number of ether oxygens (including phenoxy) is 1. The number of nitrogens with zero attached hydrogens (tertiary/aromatic N) is 5. The summed E-state index contributed by atoms with van der Waals surface area (Å²) in [5.74, 6) is 0.756. The molecule has 3 atom stereocenters. The molecule has 0 aliphatic carbocycles. The molecular weight excluding hydrogens is 456 g/mol. The van der Waals surface area contributed by atoms with Gasteiger partial charge < -0.3 is 10.1 Å². The SMILES string of the molecule is C[C@H](Nc1nccc(N2C(=O)OC[C@@H]2[C@H](C)F)n1)c1ncc(-c2ccc(C(F)(F)F)cc2)cn1. The Kier molecular flexibility index (Phi) is 6.31. The Bertz CT molecular complexity index is 1160. The molecule has 0 bridgehead atoms. The minimum absolute atomic E-state index is 0.0706. The average molecular weight is 476 g/mol. The molecule has 1 N–H and O–H groups in total. The molecule has 178 valence electrons. The van der Waals surface area contributed by atoms with Gasteiger partial charge in [0.15, 0.2) is 0 Å². The molecule has 0 spiro atoms. The molecule has 34 heavy (non-hydrogen) atoms. The molecule has 0 radical (unpaired) electrons. The van der Waals surface area contributed by atoms with E-state index in [4.69, 9.17) is 4.74 Å². The second kappa shape index (κ2) is 9.20. The van der Waals surface area contributed by atoms with Crippen molar-refractivity contribution in [2.75, 3.05) is 16.8 Å². The number of amides is 1. The first-order valence-electron chi connectivity index (χ1n) is 10.3. The number of nitrogens with one attached hydrogen (secondary N) is 1. The van der Waals surface area contributed by atoms with Gasteiger partial charge in [0.2, 0.25) is 5.95 Å². The first-order valence-corrected chi connectivity index (χ1v) is 10.3. The number of cyclic esters (lactones) is 1. The number of hydrogen-bond acceptors (Lipinski definition) is 7. The fourth-order valence-electron chi connectivity index (χ4n) is 3.41. The van der Waals surface area contributed by atoms with Gasteiger partial charge in [0.25, 0.3) is 0 Å². The summed E-state index contributed by atoms with van der Waals surface area (Å²) in [6.07, 6.45) is -1.96. The van der Waals surface area contributed by atoms with Gasteiger partial charge in [0.1, 0.15) is 30.5 Å². The molecule has 1 aliphatic heterocycles. The highest BCUT2D eigenvalue weighted by Gasteiger charge is 2.39. The first kappa shape index (κ1) is 23.3. The van der Waals surface area contributed by atoms with Crippen molar-refractivity contribution in [3.8, 4) is 11.1 Å². The summed E-state index contributed by atoms with van der Waals surface area (Å²) in [5.41, 5.74) is 0.371. The minimum atomic E-state index is -4.40. The largest absolute Gasteiger partial charge is 0.447 e. The van der Waals surface area contributed by atoms with Crippen molar-refractivity contribution in [2.24, 2.45) is 0 Å². The van der Waals surface area contributed by atoms with E-state index in [0.717, 1.165) is 17.0 Å². The van der Waals surface area contributed by atoms with Crippen LogP contribution >= 0.6 is 0 Å². The van der Waals surface area contributed by atoms with Crippen molar-refractivity contribution in [3.63, 3.8) is 0 Å². The standard InChI is InChI=1S/C22H20F4N6O2/c1-12(23)17-11-34-21(33)32(17)18-7-8-27-20(31-18)30-13(2)19-28-9-15(10-29-19)14-3-5-16(6-4-14)22(24,25)26/h3-10,12-13,17H,11H2,1-2H3,(H,27,30,31)/t12-,13-,17+/m0/s1. The lowest BCUT2D eigenvalue weighted by atomic mass is 10.1.